The summed E-state index contributed by atoms with van der Waals surface area (Å²) in [7, 11) is 2.78. The van der Waals surface area contributed by atoms with Crippen LogP contribution < -0.4 is 10.2 Å². The third-order valence-electron chi connectivity index (χ3n) is 3.81. The highest BCUT2D eigenvalue weighted by Crippen LogP contribution is 2.28. The minimum absolute atomic E-state index is 0.0616. The highest BCUT2D eigenvalue weighted by molar-refractivity contribution is 7.89. The van der Waals surface area contributed by atoms with Crippen molar-refractivity contribution in [1.82, 2.24) is 4.31 Å². The van der Waals surface area contributed by atoms with Gasteiger partial charge < -0.3 is 10.2 Å². The van der Waals surface area contributed by atoms with Crippen LogP contribution in [0.1, 0.15) is 5.56 Å². The Bertz CT molecular complexity index is 970. The molecule has 0 bridgehead atoms. The van der Waals surface area contributed by atoms with E-state index in [4.69, 9.17) is 0 Å². The molecule has 144 valence electrons. The van der Waals surface area contributed by atoms with Crippen molar-refractivity contribution in [1.29, 1.82) is 0 Å². The second kappa shape index (κ2) is 8.32. The van der Waals surface area contributed by atoms with Gasteiger partial charge in [0, 0.05) is 39.8 Å². The van der Waals surface area contributed by atoms with Gasteiger partial charge in [0.2, 0.25) is 15.9 Å². The molecule has 0 radical (unpaired) electrons. The number of nitrogens with zero attached hydrogens (tertiary/aromatic N) is 2. The van der Waals surface area contributed by atoms with Gasteiger partial charge in [0.15, 0.2) is 0 Å². The minimum Gasteiger partial charge on any atom is -0.376 e. The van der Waals surface area contributed by atoms with Gasteiger partial charge in [-0.05, 0) is 30.3 Å². The van der Waals surface area contributed by atoms with Gasteiger partial charge in [-0.25, -0.2) is 17.1 Å². The maximum atomic E-state index is 13.6. The first-order chi connectivity index (χ1) is 12.6. The summed E-state index contributed by atoms with van der Waals surface area (Å²) in [4.78, 5) is 14.1. The molecular formula is C19H22FN3O3S. The van der Waals surface area contributed by atoms with E-state index in [2.05, 4.69) is 5.32 Å². The molecule has 27 heavy (non-hydrogen) atoms. The summed E-state index contributed by atoms with van der Waals surface area (Å²) in [6.07, 6.45) is 2.56. The molecule has 0 aliphatic carbocycles. The molecule has 0 spiro atoms. The van der Waals surface area contributed by atoms with Gasteiger partial charge in [-0.1, -0.05) is 18.2 Å². The van der Waals surface area contributed by atoms with E-state index in [1.165, 1.54) is 44.4 Å². The zero-order chi connectivity index (χ0) is 20.2. The number of carbonyl (C=O) groups excluding carboxylic acids is 1. The van der Waals surface area contributed by atoms with E-state index in [9.17, 15) is 17.6 Å². The number of anilines is 2. The van der Waals surface area contributed by atoms with Crippen LogP contribution in [-0.2, 0) is 14.8 Å². The standard InChI is InChI=1S/C19H22FN3O3S/c1-22(2)18-11-10-15(27(25,26)23(3)4)13-17(18)21-19(24)12-9-14-7-5-6-8-16(14)20/h5-13H,1-4H3,(H,21,24)/b12-9+. The van der Waals surface area contributed by atoms with E-state index >= 15 is 0 Å². The number of amides is 1. The van der Waals surface area contributed by atoms with Gasteiger partial charge in [0.1, 0.15) is 5.82 Å². The van der Waals surface area contributed by atoms with E-state index in [0.29, 0.717) is 11.4 Å². The summed E-state index contributed by atoms with van der Waals surface area (Å²) >= 11 is 0. The molecule has 0 saturated carbocycles. The van der Waals surface area contributed by atoms with E-state index in [1.54, 1.807) is 43.3 Å². The number of halogens is 1. The van der Waals surface area contributed by atoms with Crippen LogP contribution in [0.25, 0.3) is 6.08 Å². The lowest BCUT2D eigenvalue weighted by atomic mass is 10.2. The Morgan fingerprint density at radius 1 is 1.07 bits per heavy atom. The number of hydrogen-bond acceptors (Lipinski definition) is 4. The molecule has 0 fully saturated rings. The first-order valence-corrected chi connectivity index (χ1v) is 9.54. The molecule has 0 saturated heterocycles. The third-order valence-corrected chi connectivity index (χ3v) is 5.62. The van der Waals surface area contributed by atoms with Crippen molar-refractivity contribution < 1.29 is 17.6 Å². The number of benzene rings is 2. The Labute approximate surface area is 159 Å². The number of nitrogens with one attached hydrogen (secondary N) is 1. The van der Waals surface area contributed by atoms with E-state index < -0.39 is 21.7 Å². The summed E-state index contributed by atoms with van der Waals surface area (Å²) in [6, 6.07) is 10.6. The number of carbonyl (C=O) groups is 1. The molecule has 0 aliphatic rings. The lowest BCUT2D eigenvalue weighted by Gasteiger charge is -2.19. The van der Waals surface area contributed by atoms with Crippen molar-refractivity contribution in [3.63, 3.8) is 0 Å². The monoisotopic (exact) mass is 391 g/mol. The van der Waals surface area contributed by atoms with E-state index in [1.807, 2.05) is 0 Å². The van der Waals surface area contributed by atoms with Crippen molar-refractivity contribution in [2.24, 2.45) is 0 Å². The zero-order valence-corrected chi connectivity index (χ0v) is 16.4. The normalized spacial score (nSPS) is 11.8. The van der Waals surface area contributed by atoms with Gasteiger partial charge in [-0.2, -0.15) is 0 Å². The SMILES string of the molecule is CN(C)c1ccc(S(=O)(=O)N(C)C)cc1NC(=O)/C=C/c1ccccc1F. The Kier molecular flexibility index (Phi) is 6.35. The molecule has 0 aliphatic heterocycles. The molecule has 0 heterocycles. The van der Waals surface area contributed by atoms with Crippen molar-refractivity contribution in [3.05, 3.63) is 59.9 Å². The van der Waals surface area contributed by atoms with Crippen LogP contribution in [0.4, 0.5) is 15.8 Å². The molecule has 0 atom stereocenters. The van der Waals surface area contributed by atoms with Gasteiger partial charge in [0.05, 0.1) is 16.3 Å². The Morgan fingerprint density at radius 3 is 2.33 bits per heavy atom. The molecule has 2 aromatic rings. The first kappa shape index (κ1) is 20.6. The van der Waals surface area contributed by atoms with Crippen LogP contribution in [-0.4, -0.2) is 46.8 Å². The fraction of sp³-hybridized carbons (Fsp3) is 0.211. The van der Waals surface area contributed by atoms with E-state index in [0.717, 1.165) is 4.31 Å². The third kappa shape index (κ3) is 4.93. The van der Waals surface area contributed by atoms with Crippen molar-refractivity contribution in [2.75, 3.05) is 38.4 Å². The number of sulfonamides is 1. The maximum absolute atomic E-state index is 13.6. The second-order valence-corrected chi connectivity index (χ2v) is 8.36. The molecule has 1 N–H and O–H groups in total. The molecule has 0 unspecified atom stereocenters. The van der Waals surface area contributed by atoms with Crippen molar-refractivity contribution in [2.45, 2.75) is 4.90 Å². The van der Waals surface area contributed by atoms with Gasteiger partial charge in [0.25, 0.3) is 0 Å². The van der Waals surface area contributed by atoms with Crippen molar-refractivity contribution >= 4 is 33.4 Å². The van der Waals surface area contributed by atoms with Crippen LogP contribution in [0.2, 0.25) is 0 Å². The smallest absolute Gasteiger partial charge is 0.248 e. The second-order valence-electron chi connectivity index (χ2n) is 6.20. The summed E-state index contributed by atoms with van der Waals surface area (Å²) in [6.45, 7) is 0. The lowest BCUT2D eigenvalue weighted by Crippen LogP contribution is -2.23. The van der Waals surface area contributed by atoms with Crippen LogP contribution >= 0.6 is 0 Å². The van der Waals surface area contributed by atoms with Crippen molar-refractivity contribution in [3.8, 4) is 0 Å². The maximum Gasteiger partial charge on any atom is 0.248 e. The summed E-state index contributed by atoms with van der Waals surface area (Å²) < 4.78 is 39.4. The van der Waals surface area contributed by atoms with Crippen LogP contribution in [0.3, 0.4) is 0 Å². The highest BCUT2D eigenvalue weighted by atomic mass is 32.2. The molecule has 2 aromatic carbocycles. The zero-order valence-electron chi connectivity index (χ0n) is 15.6. The van der Waals surface area contributed by atoms with Gasteiger partial charge in [-0.3, -0.25) is 4.79 Å². The largest absolute Gasteiger partial charge is 0.376 e. The highest BCUT2D eigenvalue weighted by Gasteiger charge is 2.19. The summed E-state index contributed by atoms with van der Waals surface area (Å²) in [5, 5.41) is 2.66. The topological polar surface area (TPSA) is 69.7 Å². The molecule has 2 rings (SSSR count). The fourth-order valence-electron chi connectivity index (χ4n) is 2.33. The number of rotatable bonds is 6. The predicted octanol–water partition coefficient (Wildman–Crippen LogP) is 2.79. The molecule has 0 aromatic heterocycles. The van der Waals surface area contributed by atoms with Crippen LogP contribution in [0.15, 0.2) is 53.4 Å². The first-order valence-electron chi connectivity index (χ1n) is 8.10. The Balaban J connectivity index is 2.33. The molecule has 8 heteroatoms. The van der Waals surface area contributed by atoms with Gasteiger partial charge in [-0.15, -0.1) is 0 Å². The molecule has 1 amide bonds. The molecular weight excluding hydrogens is 369 g/mol. The fourth-order valence-corrected chi connectivity index (χ4v) is 3.26. The van der Waals surface area contributed by atoms with Crippen LogP contribution in [0, 0.1) is 5.82 Å². The van der Waals surface area contributed by atoms with Gasteiger partial charge >= 0.3 is 0 Å². The van der Waals surface area contributed by atoms with Crippen LogP contribution in [0.5, 0.6) is 0 Å². The van der Waals surface area contributed by atoms with E-state index in [-0.39, 0.29) is 10.5 Å². The predicted molar refractivity (Wildman–Crippen MR) is 106 cm³/mol. The average Bonchev–Trinajstić information content (AvgIpc) is 2.60. The lowest BCUT2D eigenvalue weighted by molar-refractivity contribution is -0.111. The summed E-state index contributed by atoms with van der Waals surface area (Å²) in [5.74, 6) is -0.935. The minimum atomic E-state index is -3.64. The quantitative estimate of drug-likeness (QED) is 0.769. The number of hydrogen-bond donors (Lipinski definition) is 1. The Hall–Kier alpha value is -2.71. The molecule has 6 nitrogen and oxygen atoms in total. The summed E-state index contributed by atoms with van der Waals surface area (Å²) in [5.41, 5.74) is 1.26. The average molecular weight is 391 g/mol. The Morgan fingerprint density at radius 2 is 1.74 bits per heavy atom.